The number of hydrogen-bond donors (Lipinski definition) is 2. The van der Waals surface area contributed by atoms with Crippen LogP contribution in [0.2, 0.25) is 0 Å². The predicted molar refractivity (Wildman–Crippen MR) is 86.5 cm³/mol. The Labute approximate surface area is 127 Å². The van der Waals surface area contributed by atoms with E-state index in [1.54, 1.807) is 11.3 Å². The molecule has 3 N–H and O–H groups in total. The molecule has 1 heterocycles. The highest BCUT2D eigenvalue weighted by Gasteiger charge is 2.11. The standard InChI is InChI=1S/C15H19BrN2S/c1-10-5-11(2)7-12(6-10)8-13(18-17)9-14-3-4-15(16)19-14/h3-7,13,18H,8-9,17H2,1-2H3. The fraction of sp³-hybridized carbons (Fsp3) is 0.333. The van der Waals surface area contributed by atoms with Crippen molar-refractivity contribution in [1.29, 1.82) is 0 Å². The van der Waals surface area contributed by atoms with Crippen molar-refractivity contribution in [2.24, 2.45) is 5.84 Å². The second kappa shape index (κ2) is 6.66. The monoisotopic (exact) mass is 338 g/mol. The summed E-state index contributed by atoms with van der Waals surface area (Å²) in [4.78, 5) is 1.35. The van der Waals surface area contributed by atoms with Crippen molar-refractivity contribution in [3.8, 4) is 0 Å². The van der Waals surface area contributed by atoms with E-state index in [1.807, 2.05) is 0 Å². The third-order valence-corrected chi connectivity index (χ3v) is 4.72. The van der Waals surface area contributed by atoms with E-state index in [0.29, 0.717) is 0 Å². The number of nitrogens with one attached hydrogen (secondary N) is 1. The van der Waals surface area contributed by atoms with Gasteiger partial charge in [0.2, 0.25) is 0 Å². The fourth-order valence-corrected chi connectivity index (χ4v) is 3.93. The van der Waals surface area contributed by atoms with Crippen LogP contribution in [0.4, 0.5) is 0 Å². The van der Waals surface area contributed by atoms with Gasteiger partial charge in [-0.25, -0.2) is 0 Å². The molecule has 1 atom stereocenters. The van der Waals surface area contributed by atoms with Crippen molar-refractivity contribution in [2.45, 2.75) is 32.7 Å². The fourth-order valence-electron chi connectivity index (χ4n) is 2.37. The van der Waals surface area contributed by atoms with E-state index >= 15 is 0 Å². The third-order valence-electron chi connectivity index (χ3n) is 3.08. The molecule has 1 unspecified atom stereocenters. The first-order chi connectivity index (χ1) is 9.06. The van der Waals surface area contributed by atoms with Crippen molar-refractivity contribution >= 4 is 27.3 Å². The Morgan fingerprint density at radius 2 is 1.84 bits per heavy atom. The molecule has 19 heavy (non-hydrogen) atoms. The molecule has 2 nitrogen and oxygen atoms in total. The number of aryl methyl sites for hydroxylation is 2. The lowest BCUT2D eigenvalue weighted by Crippen LogP contribution is -2.38. The zero-order chi connectivity index (χ0) is 13.8. The molecular formula is C15H19BrN2S. The Kier molecular flexibility index (Phi) is 5.16. The van der Waals surface area contributed by atoms with Crippen LogP contribution in [0.3, 0.4) is 0 Å². The maximum atomic E-state index is 5.69. The number of nitrogens with two attached hydrogens (primary N) is 1. The van der Waals surface area contributed by atoms with Crippen molar-refractivity contribution < 1.29 is 0 Å². The van der Waals surface area contributed by atoms with Crippen LogP contribution < -0.4 is 11.3 Å². The van der Waals surface area contributed by atoms with Gasteiger partial charge in [-0.15, -0.1) is 11.3 Å². The van der Waals surface area contributed by atoms with Crippen LogP contribution in [0.1, 0.15) is 21.6 Å². The Bertz CT molecular complexity index is 531. The molecule has 0 aliphatic carbocycles. The maximum Gasteiger partial charge on any atom is 0.0701 e. The summed E-state index contributed by atoms with van der Waals surface area (Å²) < 4.78 is 1.17. The minimum atomic E-state index is 0.270. The lowest BCUT2D eigenvalue weighted by Gasteiger charge is -2.16. The molecule has 0 saturated carbocycles. The highest BCUT2D eigenvalue weighted by Crippen LogP contribution is 2.23. The minimum absolute atomic E-state index is 0.270. The van der Waals surface area contributed by atoms with Gasteiger partial charge in [-0.3, -0.25) is 11.3 Å². The van der Waals surface area contributed by atoms with Crippen LogP contribution in [-0.4, -0.2) is 6.04 Å². The molecule has 0 spiro atoms. The van der Waals surface area contributed by atoms with Crippen LogP contribution in [0.25, 0.3) is 0 Å². The highest BCUT2D eigenvalue weighted by molar-refractivity contribution is 9.11. The molecule has 0 saturated heterocycles. The predicted octanol–water partition coefficient (Wildman–Crippen LogP) is 3.74. The van der Waals surface area contributed by atoms with Crippen molar-refractivity contribution in [2.75, 3.05) is 0 Å². The zero-order valence-corrected chi connectivity index (χ0v) is 13.6. The largest absolute Gasteiger partial charge is 0.271 e. The molecule has 102 valence electrons. The second-order valence-corrected chi connectivity index (χ2v) is 7.52. The second-order valence-electron chi connectivity index (χ2n) is 4.97. The van der Waals surface area contributed by atoms with Crippen molar-refractivity contribution in [3.63, 3.8) is 0 Å². The van der Waals surface area contributed by atoms with E-state index in [-0.39, 0.29) is 6.04 Å². The average molecular weight is 339 g/mol. The normalized spacial score (nSPS) is 12.6. The number of rotatable bonds is 5. The van der Waals surface area contributed by atoms with Crippen LogP contribution in [0, 0.1) is 13.8 Å². The SMILES string of the molecule is Cc1cc(C)cc(CC(Cc2ccc(Br)s2)NN)c1. The number of thiophene rings is 1. The summed E-state index contributed by atoms with van der Waals surface area (Å²) in [7, 11) is 0. The van der Waals surface area contributed by atoms with E-state index in [9.17, 15) is 0 Å². The summed E-state index contributed by atoms with van der Waals surface area (Å²) in [6.45, 7) is 4.27. The summed E-state index contributed by atoms with van der Waals surface area (Å²) in [6.07, 6.45) is 1.91. The third kappa shape index (κ3) is 4.42. The van der Waals surface area contributed by atoms with Gasteiger partial charge in [0.15, 0.2) is 0 Å². The zero-order valence-electron chi connectivity index (χ0n) is 11.2. The first kappa shape index (κ1) is 14.7. The lowest BCUT2D eigenvalue weighted by molar-refractivity contribution is 0.525. The number of hydrogen-bond acceptors (Lipinski definition) is 3. The van der Waals surface area contributed by atoms with Crippen LogP contribution in [-0.2, 0) is 12.8 Å². The number of hydrazine groups is 1. The molecule has 0 fully saturated rings. The minimum Gasteiger partial charge on any atom is -0.271 e. The molecule has 0 amide bonds. The summed E-state index contributed by atoms with van der Waals surface area (Å²) >= 11 is 5.27. The summed E-state index contributed by atoms with van der Waals surface area (Å²) in [6, 6.07) is 11.2. The van der Waals surface area contributed by atoms with E-state index in [1.165, 1.54) is 25.4 Å². The number of halogens is 1. The first-order valence-electron chi connectivity index (χ1n) is 6.34. The Balaban J connectivity index is 2.06. The molecule has 0 bridgehead atoms. The lowest BCUT2D eigenvalue weighted by atomic mass is 9.99. The molecule has 0 aliphatic rings. The molecule has 1 aromatic heterocycles. The van der Waals surface area contributed by atoms with Gasteiger partial charge in [0, 0.05) is 10.9 Å². The molecule has 0 aliphatic heterocycles. The average Bonchev–Trinajstić information content (AvgIpc) is 2.72. The summed E-state index contributed by atoms with van der Waals surface area (Å²) in [5.74, 6) is 5.69. The van der Waals surface area contributed by atoms with Gasteiger partial charge >= 0.3 is 0 Å². The van der Waals surface area contributed by atoms with Gasteiger partial charge < -0.3 is 0 Å². The van der Waals surface area contributed by atoms with Gasteiger partial charge in [-0.05, 0) is 60.3 Å². The van der Waals surface area contributed by atoms with Gasteiger partial charge in [0.25, 0.3) is 0 Å². The van der Waals surface area contributed by atoms with Gasteiger partial charge in [-0.1, -0.05) is 29.3 Å². The maximum absolute atomic E-state index is 5.69. The van der Waals surface area contributed by atoms with Crippen molar-refractivity contribution in [1.82, 2.24) is 5.43 Å². The van der Waals surface area contributed by atoms with Gasteiger partial charge in [0.05, 0.1) is 3.79 Å². The molecule has 1 aromatic carbocycles. The van der Waals surface area contributed by atoms with Gasteiger partial charge in [0.1, 0.15) is 0 Å². The molecule has 0 radical (unpaired) electrons. The van der Waals surface area contributed by atoms with Crippen LogP contribution in [0.5, 0.6) is 0 Å². The molecular weight excluding hydrogens is 320 g/mol. The van der Waals surface area contributed by atoms with E-state index in [4.69, 9.17) is 5.84 Å². The topological polar surface area (TPSA) is 38.0 Å². The Morgan fingerprint density at radius 1 is 1.16 bits per heavy atom. The Morgan fingerprint density at radius 3 is 2.37 bits per heavy atom. The van der Waals surface area contributed by atoms with Crippen LogP contribution >= 0.6 is 27.3 Å². The van der Waals surface area contributed by atoms with Gasteiger partial charge in [-0.2, -0.15) is 0 Å². The molecule has 4 heteroatoms. The summed E-state index contributed by atoms with van der Waals surface area (Å²) in [5, 5.41) is 0. The molecule has 2 aromatic rings. The summed E-state index contributed by atoms with van der Waals surface area (Å²) in [5.41, 5.74) is 6.90. The highest BCUT2D eigenvalue weighted by atomic mass is 79.9. The Hall–Kier alpha value is -0.680. The quantitative estimate of drug-likeness (QED) is 0.643. The smallest absolute Gasteiger partial charge is 0.0701 e. The van der Waals surface area contributed by atoms with E-state index < -0.39 is 0 Å². The first-order valence-corrected chi connectivity index (χ1v) is 7.95. The molecule has 2 rings (SSSR count). The van der Waals surface area contributed by atoms with Crippen molar-refractivity contribution in [3.05, 3.63) is 55.7 Å². The van der Waals surface area contributed by atoms with E-state index in [0.717, 1.165) is 12.8 Å². The van der Waals surface area contributed by atoms with E-state index in [2.05, 4.69) is 65.5 Å². The van der Waals surface area contributed by atoms with Crippen LogP contribution in [0.15, 0.2) is 34.1 Å². The number of benzene rings is 1.